The summed E-state index contributed by atoms with van der Waals surface area (Å²) in [6.45, 7) is 3.28. The molecular formula is C21H27ClN6O. The summed E-state index contributed by atoms with van der Waals surface area (Å²) >= 11 is 6.14. The van der Waals surface area contributed by atoms with Crippen molar-refractivity contribution < 1.29 is 4.79 Å². The Hall–Kier alpha value is -2.54. The van der Waals surface area contributed by atoms with Crippen LogP contribution in [0.15, 0.2) is 18.2 Å². The highest BCUT2D eigenvalue weighted by Crippen LogP contribution is 2.32. The summed E-state index contributed by atoms with van der Waals surface area (Å²) in [5.41, 5.74) is 9.64. The largest absolute Gasteiger partial charge is 0.399 e. The number of halogens is 1. The maximum absolute atomic E-state index is 11.5. The van der Waals surface area contributed by atoms with E-state index in [1.807, 2.05) is 12.1 Å². The molecule has 1 fully saturated rings. The van der Waals surface area contributed by atoms with Crippen LogP contribution in [0, 0.1) is 0 Å². The van der Waals surface area contributed by atoms with Gasteiger partial charge in [0.25, 0.3) is 0 Å². The zero-order valence-electron chi connectivity index (χ0n) is 16.7. The van der Waals surface area contributed by atoms with Crippen molar-refractivity contribution in [3.05, 3.63) is 34.5 Å². The average molecular weight is 415 g/mol. The van der Waals surface area contributed by atoms with Crippen LogP contribution in [0.4, 0.5) is 23.1 Å². The second-order valence-corrected chi connectivity index (χ2v) is 8.32. The monoisotopic (exact) mass is 414 g/mol. The summed E-state index contributed by atoms with van der Waals surface area (Å²) in [6.07, 6.45) is 6.27. The van der Waals surface area contributed by atoms with E-state index in [9.17, 15) is 4.79 Å². The normalized spacial score (nSPS) is 18.8. The van der Waals surface area contributed by atoms with Gasteiger partial charge in [-0.05, 0) is 56.7 Å². The molecular weight excluding hydrogens is 388 g/mol. The number of hydrogen-bond donors (Lipinski definition) is 3. The van der Waals surface area contributed by atoms with E-state index in [4.69, 9.17) is 27.3 Å². The first-order chi connectivity index (χ1) is 14.0. The Balaban J connectivity index is 1.65. The molecule has 0 radical (unpaired) electrons. The van der Waals surface area contributed by atoms with Crippen molar-refractivity contribution in [3.8, 4) is 0 Å². The minimum atomic E-state index is 0.0162. The maximum atomic E-state index is 11.5. The number of piperidine rings is 1. The Kier molecular flexibility index (Phi) is 5.76. The number of nitrogens with one attached hydrogen (secondary N) is 2. The SMILES string of the molecule is CC(=O)NC1CCCN(c2nc(Nc3cc(N)cc(Cl)c3)nc3c2CCCC3)C1. The summed E-state index contributed by atoms with van der Waals surface area (Å²) < 4.78 is 0. The predicted octanol–water partition coefficient (Wildman–Crippen LogP) is 3.44. The van der Waals surface area contributed by atoms with Gasteiger partial charge < -0.3 is 21.3 Å². The molecule has 0 saturated carbocycles. The quantitative estimate of drug-likeness (QED) is 0.663. The second kappa shape index (κ2) is 8.45. The van der Waals surface area contributed by atoms with Gasteiger partial charge in [-0.1, -0.05) is 11.6 Å². The summed E-state index contributed by atoms with van der Waals surface area (Å²) in [6, 6.07) is 5.50. The zero-order valence-corrected chi connectivity index (χ0v) is 17.4. The van der Waals surface area contributed by atoms with Gasteiger partial charge in [0, 0.05) is 48.0 Å². The molecule has 0 bridgehead atoms. The van der Waals surface area contributed by atoms with Crippen molar-refractivity contribution in [2.24, 2.45) is 0 Å². The third kappa shape index (κ3) is 4.72. The predicted molar refractivity (Wildman–Crippen MR) is 117 cm³/mol. The van der Waals surface area contributed by atoms with Crippen molar-refractivity contribution in [2.45, 2.75) is 51.5 Å². The molecule has 0 spiro atoms. The van der Waals surface area contributed by atoms with Crippen molar-refractivity contribution in [3.63, 3.8) is 0 Å². The van der Waals surface area contributed by atoms with Crippen LogP contribution in [0.2, 0.25) is 5.02 Å². The number of fused-ring (bicyclic) bond motifs is 1. The molecule has 1 unspecified atom stereocenters. The Bertz CT molecular complexity index is 898. The van der Waals surface area contributed by atoms with Crippen molar-refractivity contribution >= 4 is 40.6 Å². The number of anilines is 4. The number of aromatic nitrogens is 2. The number of aryl methyl sites for hydroxylation is 1. The van der Waals surface area contributed by atoms with E-state index in [0.717, 1.165) is 68.8 Å². The lowest BCUT2D eigenvalue weighted by molar-refractivity contribution is -0.119. The zero-order chi connectivity index (χ0) is 20.4. The van der Waals surface area contributed by atoms with Crippen LogP contribution < -0.4 is 21.3 Å². The topological polar surface area (TPSA) is 96.2 Å². The van der Waals surface area contributed by atoms with Gasteiger partial charge in [-0.3, -0.25) is 4.79 Å². The van der Waals surface area contributed by atoms with E-state index < -0.39 is 0 Å². The Morgan fingerprint density at radius 3 is 2.83 bits per heavy atom. The number of carbonyl (C=O) groups excluding carboxylic acids is 1. The molecule has 7 nitrogen and oxygen atoms in total. The fourth-order valence-electron chi connectivity index (χ4n) is 4.28. The van der Waals surface area contributed by atoms with Gasteiger partial charge in [0.05, 0.1) is 5.69 Å². The molecule has 2 aliphatic rings. The average Bonchev–Trinajstić information content (AvgIpc) is 2.66. The lowest BCUT2D eigenvalue weighted by Crippen LogP contribution is -2.48. The first-order valence-electron chi connectivity index (χ1n) is 10.2. The maximum Gasteiger partial charge on any atom is 0.229 e. The Morgan fingerprint density at radius 2 is 2.03 bits per heavy atom. The number of amides is 1. The van der Waals surface area contributed by atoms with Crippen molar-refractivity contribution in [1.29, 1.82) is 0 Å². The van der Waals surface area contributed by atoms with Gasteiger partial charge in [-0.2, -0.15) is 4.98 Å². The molecule has 4 rings (SSSR count). The number of benzene rings is 1. The third-order valence-electron chi connectivity index (χ3n) is 5.47. The summed E-state index contributed by atoms with van der Waals surface area (Å²) in [7, 11) is 0. The highest BCUT2D eigenvalue weighted by Gasteiger charge is 2.26. The van der Waals surface area contributed by atoms with E-state index in [1.165, 1.54) is 5.56 Å². The van der Waals surface area contributed by atoms with E-state index >= 15 is 0 Å². The van der Waals surface area contributed by atoms with E-state index in [1.54, 1.807) is 13.0 Å². The van der Waals surface area contributed by atoms with Crippen LogP contribution in [-0.4, -0.2) is 35.0 Å². The smallest absolute Gasteiger partial charge is 0.229 e. The van der Waals surface area contributed by atoms with E-state index in [-0.39, 0.29) is 11.9 Å². The minimum absolute atomic E-state index is 0.0162. The number of nitrogens with zero attached hydrogens (tertiary/aromatic N) is 3. The fourth-order valence-corrected chi connectivity index (χ4v) is 4.52. The molecule has 1 amide bonds. The van der Waals surface area contributed by atoms with E-state index in [0.29, 0.717) is 16.7 Å². The number of rotatable bonds is 4. The molecule has 154 valence electrons. The molecule has 2 aromatic rings. The molecule has 1 aliphatic carbocycles. The van der Waals surface area contributed by atoms with Crippen LogP contribution in [0.25, 0.3) is 0 Å². The second-order valence-electron chi connectivity index (χ2n) is 7.89. The highest BCUT2D eigenvalue weighted by molar-refractivity contribution is 6.31. The molecule has 2 heterocycles. The molecule has 4 N–H and O–H groups in total. The first-order valence-corrected chi connectivity index (χ1v) is 10.6. The van der Waals surface area contributed by atoms with Gasteiger partial charge in [0.1, 0.15) is 5.82 Å². The molecule has 1 atom stereocenters. The fraction of sp³-hybridized carbons (Fsp3) is 0.476. The van der Waals surface area contributed by atoms with Gasteiger partial charge in [0.15, 0.2) is 0 Å². The lowest BCUT2D eigenvalue weighted by Gasteiger charge is -2.36. The number of hydrogen-bond acceptors (Lipinski definition) is 6. The third-order valence-corrected chi connectivity index (χ3v) is 5.68. The molecule has 29 heavy (non-hydrogen) atoms. The van der Waals surface area contributed by atoms with Gasteiger partial charge >= 0.3 is 0 Å². The Labute approximate surface area is 176 Å². The number of carbonyl (C=O) groups is 1. The summed E-state index contributed by atoms with van der Waals surface area (Å²) in [5.74, 6) is 1.56. The van der Waals surface area contributed by atoms with Crippen LogP contribution in [0.5, 0.6) is 0 Å². The highest BCUT2D eigenvalue weighted by atomic mass is 35.5. The molecule has 1 saturated heterocycles. The van der Waals surface area contributed by atoms with Gasteiger partial charge in [-0.25, -0.2) is 4.98 Å². The number of nitrogens with two attached hydrogens (primary N) is 1. The summed E-state index contributed by atoms with van der Waals surface area (Å²) in [4.78, 5) is 23.5. The van der Waals surface area contributed by atoms with E-state index in [2.05, 4.69) is 15.5 Å². The van der Waals surface area contributed by atoms with Crippen molar-refractivity contribution in [2.75, 3.05) is 29.0 Å². The summed E-state index contributed by atoms with van der Waals surface area (Å²) in [5, 5.41) is 6.91. The van der Waals surface area contributed by atoms with Crippen LogP contribution in [-0.2, 0) is 17.6 Å². The van der Waals surface area contributed by atoms with Crippen molar-refractivity contribution in [1.82, 2.24) is 15.3 Å². The standard InChI is InChI=1S/C21H27ClN6O/c1-13(29)24-16-5-4-8-28(12-16)20-18-6-2-3-7-19(18)26-21(27-20)25-17-10-14(22)9-15(23)11-17/h9-11,16H,2-8,12,23H2,1H3,(H,24,29)(H,25,26,27). The Morgan fingerprint density at radius 1 is 1.21 bits per heavy atom. The molecule has 8 heteroatoms. The van der Waals surface area contributed by atoms with Crippen LogP contribution in [0.1, 0.15) is 43.9 Å². The van der Waals surface area contributed by atoms with Gasteiger partial charge in [-0.15, -0.1) is 0 Å². The van der Waals surface area contributed by atoms with Crippen LogP contribution in [0.3, 0.4) is 0 Å². The number of nitrogen functional groups attached to an aromatic ring is 1. The van der Waals surface area contributed by atoms with Gasteiger partial charge in [0.2, 0.25) is 11.9 Å². The molecule has 1 aliphatic heterocycles. The molecule has 1 aromatic carbocycles. The minimum Gasteiger partial charge on any atom is -0.399 e. The molecule has 1 aromatic heterocycles. The lowest BCUT2D eigenvalue weighted by atomic mass is 9.95. The van der Waals surface area contributed by atoms with Crippen LogP contribution >= 0.6 is 11.6 Å². The first kappa shape index (κ1) is 19.8.